The Labute approximate surface area is 306 Å². The minimum absolute atomic E-state index is 0.107. The van der Waals surface area contributed by atoms with Gasteiger partial charge >= 0.3 is 0 Å². The summed E-state index contributed by atoms with van der Waals surface area (Å²) in [6, 6.07) is 17.1. The van der Waals surface area contributed by atoms with Crippen molar-refractivity contribution in [2.24, 2.45) is 35.0 Å². The van der Waals surface area contributed by atoms with Crippen molar-refractivity contribution >= 4 is 17.7 Å². The molecule has 50 heavy (non-hydrogen) atoms. The maximum Gasteiger partial charge on any atom is 0.240 e. The monoisotopic (exact) mass is 708 g/mol. The highest BCUT2D eigenvalue weighted by Gasteiger charge is 2.57. The van der Waals surface area contributed by atoms with Crippen LogP contribution >= 0.6 is 11.8 Å². The van der Waals surface area contributed by atoms with Gasteiger partial charge in [0.1, 0.15) is 12.1 Å². The second-order valence-corrected chi connectivity index (χ2v) is 17.7. The molecule has 0 aromatic heterocycles. The van der Waals surface area contributed by atoms with E-state index in [1.165, 1.54) is 22.4 Å². The maximum absolute atomic E-state index is 14.2. The van der Waals surface area contributed by atoms with Crippen LogP contribution in [0, 0.1) is 35.0 Å². The van der Waals surface area contributed by atoms with E-state index in [4.69, 9.17) is 4.84 Å². The van der Waals surface area contributed by atoms with Gasteiger partial charge in [0.05, 0.1) is 19.3 Å². The number of thioether (sulfide) groups is 1. The lowest BCUT2D eigenvalue weighted by atomic mass is 9.45. The third kappa shape index (κ3) is 8.79. The van der Waals surface area contributed by atoms with Gasteiger partial charge in [-0.05, 0) is 98.4 Å². The van der Waals surface area contributed by atoms with E-state index in [2.05, 4.69) is 119 Å². The normalized spacial score (nSPS) is 29.0. The second-order valence-electron chi connectivity index (χ2n) is 16.8. The smallest absolute Gasteiger partial charge is 0.240 e. The Bertz CT molecular complexity index is 1410. The van der Waals surface area contributed by atoms with Gasteiger partial charge in [-0.2, -0.15) is 5.06 Å². The summed E-state index contributed by atoms with van der Waals surface area (Å²) in [7, 11) is 4.31. The Kier molecular flexibility index (Phi) is 13.2. The molecule has 6 rings (SSSR count). The van der Waals surface area contributed by atoms with Crippen molar-refractivity contribution in [3.63, 3.8) is 0 Å². The molecule has 1 heterocycles. The molecule has 4 fully saturated rings. The van der Waals surface area contributed by atoms with Crippen LogP contribution in [0.4, 0.5) is 0 Å². The van der Waals surface area contributed by atoms with Crippen LogP contribution in [0.3, 0.4) is 0 Å². The molecule has 0 spiro atoms. The lowest BCUT2D eigenvalue weighted by Crippen LogP contribution is -2.62. The van der Waals surface area contributed by atoms with E-state index in [0.29, 0.717) is 41.7 Å². The molecule has 0 radical (unpaired) electrons. The molecule has 1 aliphatic heterocycles. The van der Waals surface area contributed by atoms with E-state index in [1.54, 1.807) is 23.7 Å². The number of hydrogen-bond donors (Lipinski definition) is 3. The fourth-order valence-electron chi connectivity index (χ4n) is 9.40. The number of hydrogen-bond acceptors (Lipinski definition) is 8. The summed E-state index contributed by atoms with van der Waals surface area (Å²) in [6.45, 7) is 16.1. The van der Waals surface area contributed by atoms with Crippen LogP contribution in [0.1, 0.15) is 77.5 Å². The van der Waals surface area contributed by atoms with Gasteiger partial charge in [0, 0.05) is 42.5 Å². The van der Waals surface area contributed by atoms with Gasteiger partial charge in [-0.15, -0.1) is 11.8 Å². The van der Waals surface area contributed by atoms with Gasteiger partial charge in [-0.1, -0.05) is 77.1 Å². The standard InChI is InChI=1S/C41H64N4O4S/c1-26(2)17-33(24-43(7)8)44(23-31-15-10-11-16-37(31)50-9)21-29-13-12-14-30(18-29)22-45-39(38(28(4)47)36(25-46)49-45)40(48)42-35-20-32-19-34(27(35)3)41(32,5)6/h10-16,18,26-28,32-36,38-39,46-47H,17,19-25H2,1-9H3,(H,42,48)/t27-,28-,32-,33-,34+,35-,36-,38+,39-/m0/s1. The molecule has 8 nitrogen and oxygen atoms in total. The van der Waals surface area contributed by atoms with Gasteiger partial charge in [0.25, 0.3) is 0 Å². The molecule has 278 valence electrons. The number of carbonyl (C=O) groups is 1. The fraction of sp³-hybridized carbons (Fsp3) is 0.683. The highest BCUT2D eigenvalue weighted by atomic mass is 32.2. The zero-order valence-electron chi connectivity index (χ0n) is 32.0. The number of nitrogens with zero attached hydrogens (tertiary/aromatic N) is 3. The molecule has 4 aliphatic rings. The minimum atomic E-state index is -0.817. The highest BCUT2D eigenvalue weighted by molar-refractivity contribution is 7.98. The molecule has 9 atom stereocenters. The molecule has 1 saturated heterocycles. The molecular weight excluding hydrogens is 645 g/mol. The zero-order chi connectivity index (χ0) is 36.3. The number of amides is 1. The topological polar surface area (TPSA) is 88.5 Å². The fourth-order valence-corrected chi connectivity index (χ4v) is 10.0. The number of nitrogens with one attached hydrogen (secondary N) is 1. The first kappa shape index (κ1) is 39.2. The van der Waals surface area contributed by atoms with Crippen molar-refractivity contribution in [1.29, 1.82) is 0 Å². The van der Waals surface area contributed by atoms with Crippen molar-refractivity contribution in [1.82, 2.24) is 20.2 Å². The maximum atomic E-state index is 14.2. The van der Waals surface area contributed by atoms with E-state index in [-0.39, 0.29) is 18.6 Å². The zero-order valence-corrected chi connectivity index (χ0v) is 32.8. The first-order chi connectivity index (χ1) is 23.7. The lowest BCUT2D eigenvalue weighted by Gasteiger charge is -2.62. The first-order valence-electron chi connectivity index (χ1n) is 18.8. The van der Waals surface area contributed by atoms with Crippen molar-refractivity contribution < 1.29 is 19.8 Å². The van der Waals surface area contributed by atoms with Gasteiger partial charge in [0.2, 0.25) is 5.91 Å². The summed E-state index contributed by atoms with van der Waals surface area (Å²) in [5.41, 5.74) is 3.92. The molecule has 1 amide bonds. The van der Waals surface area contributed by atoms with E-state index in [9.17, 15) is 15.0 Å². The van der Waals surface area contributed by atoms with Crippen molar-refractivity contribution in [3.05, 3.63) is 65.2 Å². The SMILES string of the molecule is CSc1ccccc1CN(Cc1cccc(CN2O[C@@H](CO)[C@@H]([C@H](C)O)[C@H]2C(=O)N[C@H]2C[C@@H]3C[C@H]([C@@H]2C)C3(C)C)c1)[C@@H](CC(C)C)CN(C)C. The average molecular weight is 709 g/mol. The van der Waals surface area contributed by atoms with Crippen molar-refractivity contribution in [2.45, 2.75) is 116 Å². The molecular formula is C41H64N4O4S. The number of carbonyl (C=O) groups excluding carboxylic acids is 1. The summed E-state index contributed by atoms with van der Waals surface area (Å²) >= 11 is 1.80. The van der Waals surface area contributed by atoms with E-state index < -0.39 is 24.2 Å². The molecule has 3 aliphatic carbocycles. The number of aliphatic hydroxyl groups is 2. The summed E-state index contributed by atoms with van der Waals surface area (Å²) < 4.78 is 0. The number of rotatable bonds is 16. The van der Waals surface area contributed by atoms with Crippen LogP contribution in [0.15, 0.2) is 53.4 Å². The first-order valence-corrected chi connectivity index (χ1v) is 20.1. The average Bonchev–Trinajstić information content (AvgIpc) is 3.43. The van der Waals surface area contributed by atoms with Crippen LogP contribution in [0.25, 0.3) is 0 Å². The molecule has 2 bridgehead atoms. The van der Waals surface area contributed by atoms with Crippen molar-refractivity contribution in [2.75, 3.05) is 33.5 Å². The third-order valence-electron chi connectivity index (χ3n) is 12.2. The number of hydroxylamine groups is 2. The van der Waals surface area contributed by atoms with Crippen LogP contribution < -0.4 is 5.32 Å². The van der Waals surface area contributed by atoms with Gasteiger partial charge in [0.15, 0.2) is 0 Å². The van der Waals surface area contributed by atoms with Crippen LogP contribution in [0.5, 0.6) is 0 Å². The lowest BCUT2D eigenvalue weighted by molar-refractivity contribution is -0.183. The van der Waals surface area contributed by atoms with Gasteiger partial charge in [-0.3, -0.25) is 14.5 Å². The van der Waals surface area contributed by atoms with Crippen LogP contribution in [0.2, 0.25) is 0 Å². The quantitative estimate of drug-likeness (QED) is 0.182. The Morgan fingerprint density at radius 1 is 1.08 bits per heavy atom. The highest BCUT2D eigenvalue weighted by Crippen LogP contribution is 2.61. The predicted molar refractivity (Wildman–Crippen MR) is 203 cm³/mol. The Morgan fingerprint density at radius 3 is 2.42 bits per heavy atom. The van der Waals surface area contributed by atoms with E-state index >= 15 is 0 Å². The Balaban J connectivity index is 1.37. The summed E-state index contributed by atoms with van der Waals surface area (Å²) in [5.74, 6) is 1.53. The molecule has 2 aromatic rings. The number of benzene rings is 2. The predicted octanol–water partition coefficient (Wildman–Crippen LogP) is 6.05. The summed E-state index contributed by atoms with van der Waals surface area (Å²) in [6.07, 6.45) is 4.00. The van der Waals surface area contributed by atoms with Gasteiger partial charge in [-0.25, -0.2) is 0 Å². The van der Waals surface area contributed by atoms with Gasteiger partial charge < -0.3 is 20.4 Å². The minimum Gasteiger partial charge on any atom is -0.394 e. The van der Waals surface area contributed by atoms with Crippen LogP contribution in [-0.2, 0) is 29.3 Å². The molecule has 9 heteroatoms. The molecule has 0 unspecified atom stereocenters. The molecule has 3 saturated carbocycles. The number of aliphatic hydroxyl groups excluding tert-OH is 2. The molecule has 3 N–H and O–H groups in total. The third-order valence-corrected chi connectivity index (χ3v) is 13.0. The van der Waals surface area contributed by atoms with E-state index in [1.807, 2.05) is 0 Å². The Morgan fingerprint density at radius 2 is 1.80 bits per heavy atom. The molecule has 2 aromatic carbocycles. The second kappa shape index (κ2) is 16.8. The number of fused-ring (bicyclic) bond motifs is 2. The Hall–Kier alpha value is -1.98. The van der Waals surface area contributed by atoms with Crippen molar-refractivity contribution in [3.8, 4) is 0 Å². The number of likely N-dealkylation sites (N-methyl/N-ethyl adjacent to an activating group) is 1. The summed E-state index contributed by atoms with van der Waals surface area (Å²) in [5, 5.41) is 26.3. The van der Waals surface area contributed by atoms with E-state index in [0.717, 1.165) is 38.0 Å². The summed E-state index contributed by atoms with van der Waals surface area (Å²) in [4.78, 5) is 26.7. The largest absolute Gasteiger partial charge is 0.394 e. The van der Waals surface area contributed by atoms with Crippen LogP contribution in [-0.4, -0.2) is 94.8 Å².